The highest BCUT2D eigenvalue weighted by Crippen LogP contribution is 2.21. The van der Waals surface area contributed by atoms with Crippen LogP contribution in [0, 0.1) is 6.92 Å². The predicted octanol–water partition coefficient (Wildman–Crippen LogP) is 4.62. The third-order valence-corrected chi connectivity index (χ3v) is 5.07. The molecule has 1 aromatic heterocycles. The monoisotopic (exact) mass is 371 g/mol. The summed E-state index contributed by atoms with van der Waals surface area (Å²) >= 11 is 7.50. The van der Waals surface area contributed by atoms with Crippen molar-refractivity contribution >= 4 is 35.0 Å². The van der Waals surface area contributed by atoms with Gasteiger partial charge in [-0.25, -0.2) is 4.98 Å². The maximum Gasteiger partial charge on any atom is 0.234 e. The van der Waals surface area contributed by atoms with Crippen molar-refractivity contribution < 1.29 is 4.79 Å². The Morgan fingerprint density at radius 3 is 2.80 bits per heavy atom. The zero-order valence-corrected chi connectivity index (χ0v) is 15.3. The fourth-order valence-corrected chi connectivity index (χ4v) is 3.27. The zero-order valence-electron chi connectivity index (χ0n) is 13.8. The first-order valence-corrected chi connectivity index (χ1v) is 9.22. The minimum absolute atomic E-state index is 0.0841. The molecule has 1 amide bonds. The van der Waals surface area contributed by atoms with Crippen molar-refractivity contribution in [2.24, 2.45) is 0 Å². The van der Waals surface area contributed by atoms with E-state index in [4.69, 9.17) is 11.6 Å². The minimum atomic E-state index is -0.0841. The van der Waals surface area contributed by atoms with Gasteiger partial charge in [0.1, 0.15) is 0 Å². The molecular weight excluding hydrogens is 354 g/mol. The summed E-state index contributed by atoms with van der Waals surface area (Å²) in [5.74, 6) is 0.205. The smallest absolute Gasteiger partial charge is 0.234 e. The molecule has 2 aromatic carbocycles. The van der Waals surface area contributed by atoms with E-state index >= 15 is 0 Å². The number of nitrogens with zero attached hydrogens (tertiary/aromatic N) is 2. The number of carbonyl (C=O) groups excluding carboxylic acids is 1. The van der Waals surface area contributed by atoms with Crippen molar-refractivity contribution in [1.29, 1.82) is 0 Å². The summed E-state index contributed by atoms with van der Waals surface area (Å²) < 4.78 is 2.04. The van der Waals surface area contributed by atoms with Crippen LogP contribution in [-0.2, 0) is 11.3 Å². The highest BCUT2D eigenvalue weighted by atomic mass is 35.5. The van der Waals surface area contributed by atoms with E-state index in [1.165, 1.54) is 17.3 Å². The molecule has 6 heteroatoms. The fourth-order valence-electron chi connectivity index (χ4n) is 2.33. The molecule has 1 N–H and O–H groups in total. The van der Waals surface area contributed by atoms with Crippen molar-refractivity contribution in [3.63, 3.8) is 0 Å². The molecule has 25 heavy (non-hydrogen) atoms. The maximum atomic E-state index is 12.2. The highest BCUT2D eigenvalue weighted by molar-refractivity contribution is 7.99. The number of imidazole rings is 1. The summed E-state index contributed by atoms with van der Waals surface area (Å²) in [6.07, 6.45) is 3.68. The van der Waals surface area contributed by atoms with E-state index in [9.17, 15) is 4.79 Å². The van der Waals surface area contributed by atoms with E-state index < -0.39 is 0 Å². The van der Waals surface area contributed by atoms with Crippen LogP contribution < -0.4 is 5.32 Å². The average molecular weight is 372 g/mol. The van der Waals surface area contributed by atoms with Crippen LogP contribution in [0.2, 0.25) is 5.02 Å². The summed E-state index contributed by atoms with van der Waals surface area (Å²) in [6.45, 7) is 2.66. The van der Waals surface area contributed by atoms with Gasteiger partial charge in [0.05, 0.1) is 5.75 Å². The molecule has 0 aliphatic heterocycles. The second-order valence-electron chi connectivity index (χ2n) is 5.62. The van der Waals surface area contributed by atoms with Gasteiger partial charge in [0.15, 0.2) is 5.16 Å². The number of aromatic nitrogens is 2. The Kier molecular flexibility index (Phi) is 5.79. The highest BCUT2D eigenvalue weighted by Gasteiger charge is 2.09. The lowest BCUT2D eigenvalue weighted by Gasteiger charge is -2.09. The molecule has 0 bridgehead atoms. The van der Waals surface area contributed by atoms with Crippen LogP contribution in [0.5, 0.6) is 0 Å². The van der Waals surface area contributed by atoms with Crippen LogP contribution in [0.4, 0.5) is 5.69 Å². The Morgan fingerprint density at radius 2 is 2.04 bits per heavy atom. The zero-order chi connectivity index (χ0) is 17.6. The Morgan fingerprint density at radius 1 is 1.24 bits per heavy atom. The van der Waals surface area contributed by atoms with Gasteiger partial charge < -0.3 is 9.88 Å². The molecule has 3 aromatic rings. The van der Waals surface area contributed by atoms with Crippen LogP contribution in [-0.4, -0.2) is 21.2 Å². The molecule has 0 radical (unpaired) electrons. The predicted molar refractivity (Wildman–Crippen MR) is 103 cm³/mol. The number of hydrogen-bond donors (Lipinski definition) is 1. The molecule has 0 spiro atoms. The van der Waals surface area contributed by atoms with Gasteiger partial charge in [0.2, 0.25) is 5.91 Å². The second kappa shape index (κ2) is 8.23. The quantitative estimate of drug-likeness (QED) is 0.643. The average Bonchev–Trinajstić information content (AvgIpc) is 3.04. The first-order chi connectivity index (χ1) is 12.1. The number of carbonyl (C=O) groups is 1. The standard InChI is InChI=1S/C19H18ClN3OS/c1-14-7-8-16(11-17(14)20)22-18(24)13-25-19-21-9-10-23(19)12-15-5-3-2-4-6-15/h2-11H,12-13H2,1H3,(H,22,24). The largest absolute Gasteiger partial charge is 0.325 e. The topological polar surface area (TPSA) is 46.9 Å². The number of rotatable bonds is 6. The lowest BCUT2D eigenvalue weighted by molar-refractivity contribution is -0.113. The normalized spacial score (nSPS) is 10.6. The van der Waals surface area contributed by atoms with Crippen molar-refractivity contribution in [3.05, 3.63) is 77.1 Å². The van der Waals surface area contributed by atoms with Crippen LogP contribution in [0.3, 0.4) is 0 Å². The molecule has 0 unspecified atom stereocenters. The number of halogens is 1. The Hall–Kier alpha value is -2.24. The molecular formula is C19H18ClN3OS. The number of aryl methyl sites for hydroxylation is 1. The summed E-state index contributed by atoms with van der Waals surface area (Å²) in [5, 5.41) is 4.32. The second-order valence-corrected chi connectivity index (χ2v) is 6.97. The molecule has 0 aliphatic carbocycles. The van der Waals surface area contributed by atoms with E-state index in [-0.39, 0.29) is 11.7 Å². The number of anilines is 1. The van der Waals surface area contributed by atoms with Crippen molar-refractivity contribution in [1.82, 2.24) is 9.55 Å². The van der Waals surface area contributed by atoms with Crippen LogP contribution >= 0.6 is 23.4 Å². The van der Waals surface area contributed by atoms with Gasteiger partial charge in [-0.05, 0) is 30.2 Å². The number of thioether (sulfide) groups is 1. The molecule has 3 rings (SSSR count). The summed E-state index contributed by atoms with van der Waals surface area (Å²) in [7, 11) is 0. The fraction of sp³-hybridized carbons (Fsp3) is 0.158. The van der Waals surface area contributed by atoms with E-state index in [1.807, 2.05) is 48.0 Å². The summed E-state index contributed by atoms with van der Waals surface area (Å²) in [6, 6.07) is 15.7. The number of amides is 1. The Balaban J connectivity index is 1.57. The van der Waals surface area contributed by atoms with Crippen molar-refractivity contribution in [2.75, 3.05) is 11.1 Å². The van der Waals surface area contributed by atoms with Crippen LogP contribution in [0.25, 0.3) is 0 Å². The molecule has 4 nitrogen and oxygen atoms in total. The van der Waals surface area contributed by atoms with E-state index in [1.54, 1.807) is 12.3 Å². The first-order valence-electron chi connectivity index (χ1n) is 7.85. The Bertz CT molecular complexity index is 864. The van der Waals surface area contributed by atoms with Crippen molar-refractivity contribution in [3.8, 4) is 0 Å². The van der Waals surface area contributed by atoms with Crippen LogP contribution in [0.1, 0.15) is 11.1 Å². The van der Waals surface area contributed by atoms with Gasteiger partial charge in [0, 0.05) is 29.6 Å². The SMILES string of the molecule is Cc1ccc(NC(=O)CSc2nccn2Cc2ccccc2)cc1Cl. The minimum Gasteiger partial charge on any atom is -0.325 e. The molecule has 1 heterocycles. The molecule has 0 saturated heterocycles. The third kappa shape index (κ3) is 4.87. The van der Waals surface area contributed by atoms with Gasteiger partial charge in [-0.2, -0.15) is 0 Å². The van der Waals surface area contributed by atoms with Gasteiger partial charge in [-0.3, -0.25) is 4.79 Å². The number of nitrogens with one attached hydrogen (secondary N) is 1. The summed E-state index contributed by atoms with van der Waals surface area (Å²) in [5.41, 5.74) is 2.88. The molecule has 0 aliphatic rings. The lowest BCUT2D eigenvalue weighted by Crippen LogP contribution is -2.14. The summed E-state index contributed by atoms with van der Waals surface area (Å²) in [4.78, 5) is 16.5. The molecule has 0 fully saturated rings. The van der Waals surface area contributed by atoms with Gasteiger partial charge in [0.25, 0.3) is 0 Å². The molecule has 128 valence electrons. The third-order valence-electron chi connectivity index (χ3n) is 3.66. The van der Waals surface area contributed by atoms with Gasteiger partial charge >= 0.3 is 0 Å². The molecule has 0 saturated carbocycles. The van der Waals surface area contributed by atoms with Crippen molar-refractivity contribution in [2.45, 2.75) is 18.6 Å². The molecule has 0 atom stereocenters. The van der Waals surface area contributed by atoms with E-state index in [0.29, 0.717) is 10.7 Å². The van der Waals surface area contributed by atoms with Gasteiger partial charge in [-0.15, -0.1) is 0 Å². The number of hydrogen-bond acceptors (Lipinski definition) is 3. The van der Waals surface area contributed by atoms with Gasteiger partial charge in [-0.1, -0.05) is 59.8 Å². The first kappa shape index (κ1) is 17.6. The van der Waals surface area contributed by atoms with Crippen LogP contribution in [0.15, 0.2) is 66.1 Å². The van der Waals surface area contributed by atoms with E-state index in [0.717, 1.165) is 17.3 Å². The lowest BCUT2D eigenvalue weighted by atomic mass is 10.2. The number of benzene rings is 2. The van der Waals surface area contributed by atoms with E-state index in [2.05, 4.69) is 22.4 Å². The maximum absolute atomic E-state index is 12.2. The Labute approximate surface area is 156 Å².